The molecule has 0 unspecified atom stereocenters. The zero-order chi connectivity index (χ0) is 12.7. The summed E-state index contributed by atoms with van der Waals surface area (Å²) in [4.78, 5) is 2.66. The molecule has 0 bridgehead atoms. The molecule has 1 aliphatic heterocycles. The van der Waals surface area contributed by atoms with Gasteiger partial charge in [0.2, 0.25) is 0 Å². The molecule has 0 amide bonds. The lowest BCUT2D eigenvalue weighted by Crippen LogP contribution is -2.05. The first-order valence-corrected chi connectivity index (χ1v) is 7.16. The summed E-state index contributed by atoms with van der Waals surface area (Å²) in [7, 11) is 0. The van der Waals surface area contributed by atoms with Crippen molar-refractivity contribution in [3.8, 4) is 0 Å². The van der Waals surface area contributed by atoms with E-state index in [2.05, 4.69) is 62.5 Å². The fraction of sp³-hybridized carbons (Fsp3) is 0.250. The van der Waals surface area contributed by atoms with Gasteiger partial charge in [-0.25, -0.2) is 0 Å². The van der Waals surface area contributed by atoms with Crippen LogP contribution in [0.2, 0.25) is 0 Å². The topological polar surface area (TPSA) is 43.5 Å². The van der Waals surface area contributed by atoms with E-state index in [1.54, 1.807) is 0 Å². The van der Waals surface area contributed by atoms with E-state index in [0.717, 1.165) is 0 Å². The molecular weight excluding hydrogens is 635 g/mol. The summed E-state index contributed by atoms with van der Waals surface area (Å²) in [5.74, 6) is 0.540. The van der Waals surface area contributed by atoms with Crippen molar-refractivity contribution in [1.82, 2.24) is 0 Å². The van der Waals surface area contributed by atoms with Gasteiger partial charge in [0.05, 0.1) is 11.4 Å². The minimum absolute atomic E-state index is 0. The quantitative estimate of drug-likeness (QED) is 0.310. The second-order valence-electron chi connectivity index (χ2n) is 5.05. The van der Waals surface area contributed by atoms with Gasteiger partial charge in [-0.15, -0.1) is 71.9 Å². The van der Waals surface area contributed by atoms with E-state index >= 15 is 0 Å². The third-order valence-corrected chi connectivity index (χ3v) is 4.51. The molecule has 0 atom stereocenters. The zero-order valence-corrected chi connectivity index (χ0v) is 20.5. The van der Waals surface area contributed by atoms with Crippen molar-refractivity contribution in [2.75, 3.05) is 5.32 Å². The number of halogens is 3. The lowest BCUT2D eigenvalue weighted by atomic mass is 10.0. The molecule has 0 spiro atoms. The van der Waals surface area contributed by atoms with Gasteiger partial charge in [0, 0.05) is 9.79 Å². The largest absolute Gasteiger partial charge is 0.412 e. The Labute approximate surface area is 188 Å². The normalized spacial score (nSPS) is 10.5. The van der Waals surface area contributed by atoms with Crippen LogP contribution in [0.5, 0.6) is 0 Å². The summed E-state index contributed by atoms with van der Waals surface area (Å²) < 4.78 is 0. The number of nitrogens with one attached hydrogen (secondary N) is 1. The van der Waals surface area contributed by atoms with Crippen molar-refractivity contribution in [2.24, 2.45) is 0 Å². The van der Waals surface area contributed by atoms with E-state index in [0.29, 0.717) is 5.92 Å². The van der Waals surface area contributed by atoms with Crippen molar-refractivity contribution < 1.29 is 5.48 Å². The molecular formula is C16H22I3NOS. The Kier molecular flexibility index (Phi) is 12.0. The highest BCUT2D eigenvalue weighted by Crippen LogP contribution is 2.47. The first-order chi connectivity index (χ1) is 8.66. The Hall–Kier alpha value is 0.740. The van der Waals surface area contributed by atoms with Crippen LogP contribution in [-0.4, -0.2) is 5.48 Å². The molecule has 0 fully saturated rings. The first-order valence-electron chi connectivity index (χ1n) is 6.34. The van der Waals surface area contributed by atoms with Crippen molar-refractivity contribution >= 4 is 95.1 Å². The Morgan fingerprint density at radius 1 is 0.864 bits per heavy atom. The summed E-state index contributed by atoms with van der Waals surface area (Å²) in [6.45, 7) is 6.65. The molecule has 2 aromatic rings. The predicted molar refractivity (Wildman–Crippen MR) is 129 cm³/mol. The van der Waals surface area contributed by atoms with E-state index in [1.165, 1.54) is 32.3 Å². The third-order valence-electron chi connectivity index (χ3n) is 3.38. The van der Waals surface area contributed by atoms with Gasteiger partial charge < -0.3 is 10.8 Å². The van der Waals surface area contributed by atoms with Gasteiger partial charge in [-0.3, -0.25) is 0 Å². The Bertz CT molecular complexity index is 620. The van der Waals surface area contributed by atoms with Gasteiger partial charge in [-0.05, 0) is 36.1 Å². The van der Waals surface area contributed by atoms with E-state index in [-0.39, 0.29) is 77.4 Å². The molecule has 1 aliphatic rings. The van der Waals surface area contributed by atoms with Crippen LogP contribution in [0.3, 0.4) is 0 Å². The van der Waals surface area contributed by atoms with Crippen LogP contribution < -0.4 is 5.32 Å². The number of fused-ring (bicyclic) bond motifs is 2. The molecule has 1 heterocycles. The first kappa shape index (κ1) is 25.0. The number of rotatable bonds is 1. The molecule has 0 aromatic heterocycles. The molecule has 22 heavy (non-hydrogen) atoms. The minimum atomic E-state index is 0. The summed E-state index contributed by atoms with van der Waals surface area (Å²) >= 11 is 1.87. The maximum absolute atomic E-state index is 3.64. The van der Waals surface area contributed by atoms with Gasteiger partial charge in [0.25, 0.3) is 0 Å². The van der Waals surface area contributed by atoms with Gasteiger partial charge >= 0.3 is 0 Å². The predicted octanol–water partition coefficient (Wildman–Crippen LogP) is 6.36. The summed E-state index contributed by atoms with van der Waals surface area (Å²) in [6, 6.07) is 13.1. The molecule has 2 nitrogen and oxygen atoms in total. The van der Waals surface area contributed by atoms with Crippen LogP contribution in [-0.2, 0) is 0 Å². The highest BCUT2D eigenvalue weighted by atomic mass is 127. The molecule has 0 aliphatic carbocycles. The average molecular weight is 657 g/mol. The molecule has 0 radical (unpaired) electrons. The fourth-order valence-electron chi connectivity index (χ4n) is 2.38. The minimum Gasteiger partial charge on any atom is -0.412 e. The Morgan fingerprint density at radius 3 is 2.00 bits per heavy atom. The SMILES string of the molecule is Cc1cccc2c1Nc1c(cccc1C(C)C)S2.I.I.I.O. The third kappa shape index (κ3) is 4.87. The molecule has 3 rings (SSSR count). The van der Waals surface area contributed by atoms with Crippen molar-refractivity contribution in [2.45, 2.75) is 36.5 Å². The number of benzene rings is 2. The smallest absolute Gasteiger partial charge is 0.0561 e. The highest BCUT2D eigenvalue weighted by molar-refractivity contribution is 14.0. The van der Waals surface area contributed by atoms with Gasteiger partial charge in [0.1, 0.15) is 0 Å². The van der Waals surface area contributed by atoms with Crippen LogP contribution in [0.25, 0.3) is 0 Å². The average Bonchev–Trinajstić information content (AvgIpc) is 2.36. The maximum atomic E-state index is 3.64. The van der Waals surface area contributed by atoms with Crippen molar-refractivity contribution in [1.29, 1.82) is 0 Å². The highest BCUT2D eigenvalue weighted by Gasteiger charge is 2.20. The Balaban J connectivity index is 0. The molecule has 0 saturated heterocycles. The van der Waals surface area contributed by atoms with E-state index in [9.17, 15) is 0 Å². The number of anilines is 2. The fourth-order valence-corrected chi connectivity index (χ4v) is 3.49. The monoisotopic (exact) mass is 657 g/mol. The lowest BCUT2D eigenvalue weighted by Gasteiger charge is -2.25. The van der Waals surface area contributed by atoms with E-state index in [1.807, 2.05) is 11.8 Å². The number of hydrogen-bond donors (Lipinski definition) is 1. The van der Waals surface area contributed by atoms with Gasteiger partial charge in [-0.2, -0.15) is 0 Å². The van der Waals surface area contributed by atoms with Crippen molar-refractivity contribution in [3.63, 3.8) is 0 Å². The second-order valence-corrected chi connectivity index (χ2v) is 6.13. The number of hydrogen-bond acceptors (Lipinski definition) is 2. The molecule has 0 saturated carbocycles. The van der Waals surface area contributed by atoms with Crippen LogP contribution >= 0.6 is 83.7 Å². The van der Waals surface area contributed by atoms with Gasteiger partial charge in [-0.1, -0.05) is 49.9 Å². The number of aryl methyl sites for hydroxylation is 1. The Morgan fingerprint density at radius 2 is 1.41 bits per heavy atom. The summed E-state index contributed by atoms with van der Waals surface area (Å²) in [5, 5.41) is 3.64. The molecule has 6 heteroatoms. The lowest BCUT2D eigenvalue weighted by molar-refractivity contribution is 0.824. The van der Waals surface area contributed by atoms with Crippen LogP contribution in [0.4, 0.5) is 11.4 Å². The van der Waals surface area contributed by atoms with Crippen LogP contribution in [0, 0.1) is 6.92 Å². The van der Waals surface area contributed by atoms with E-state index in [4.69, 9.17) is 0 Å². The molecule has 2 aromatic carbocycles. The van der Waals surface area contributed by atoms with Crippen molar-refractivity contribution in [3.05, 3.63) is 47.5 Å². The maximum Gasteiger partial charge on any atom is 0.0561 e. The standard InChI is InChI=1S/C16H17NS.3HI.H2O/c1-10(2)12-7-5-9-14-16(12)17-15-11(3)6-4-8-13(15)18-14;;;;/h4-10,17H,1-3H3;3*1H;1H2. The summed E-state index contributed by atoms with van der Waals surface area (Å²) in [5.41, 5.74) is 5.26. The van der Waals surface area contributed by atoms with Crippen LogP contribution in [0.1, 0.15) is 30.9 Å². The van der Waals surface area contributed by atoms with E-state index < -0.39 is 0 Å². The zero-order valence-electron chi connectivity index (χ0n) is 12.7. The van der Waals surface area contributed by atoms with Crippen LogP contribution in [0.15, 0.2) is 46.2 Å². The second kappa shape index (κ2) is 10.6. The van der Waals surface area contributed by atoms with Gasteiger partial charge in [0.15, 0.2) is 0 Å². The molecule has 3 N–H and O–H groups in total. The summed E-state index contributed by atoms with van der Waals surface area (Å²) in [6.07, 6.45) is 0. The number of para-hydroxylation sites is 2. The molecule has 124 valence electrons.